The average Bonchev–Trinajstić information content (AvgIpc) is 2.53. The van der Waals surface area contributed by atoms with Crippen molar-refractivity contribution in [2.45, 2.75) is 26.7 Å². The molecule has 0 radical (unpaired) electrons. The summed E-state index contributed by atoms with van der Waals surface area (Å²) >= 11 is 0. The Balaban J connectivity index is 2.28. The molecule has 0 saturated carbocycles. The van der Waals surface area contributed by atoms with Crippen LogP contribution in [0.3, 0.4) is 0 Å². The highest BCUT2D eigenvalue weighted by atomic mass is 16.4. The molecule has 24 heavy (non-hydrogen) atoms. The number of aryl methyl sites for hydroxylation is 2. The van der Waals surface area contributed by atoms with Crippen molar-refractivity contribution in [2.24, 2.45) is 7.05 Å². The Morgan fingerprint density at radius 1 is 1.21 bits per heavy atom. The van der Waals surface area contributed by atoms with Crippen LogP contribution in [0.4, 0.5) is 5.69 Å². The van der Waals surface area contributed by atoms with Gasteiger partial charge in [0.2, 0.25) is 0 Å². The molecule has 7 heteroatoms. The van der Waals surface area contributed by atoms with Crippen LogP contribution in [0, 0.1) is 13.8 Å². The number of carbonyl (C=O) groups excluding carboxylic acids is 1. The maximum atomic E-state index is 12.4. The van der Waals surface area contributed by atoms with E-state index in [-0.39, 0.29) is 5.56 Å². The number of carboxylic acid groups (broad SMARTS) is 1. The number of hydrogen-bond donors (Lipinski definition) is 2. The van der Waals surface area contributed by atoms with Gasteiger partial charge in [-0.15, -0.1) is 0 Å². The highest BCUT2D eigenvalue weighted by Crippen LogP contribution is 2.19. The fraction of sp³-hybridized carbons (Fsp3) is 0.294. The molecule has 2 N–H and O–H groups in total. The highest BCUT2D eigenvalue weighted by molar-refractivity contribution is 6.05. The molecule has 0 saturated heterocycles. The summed E-state index contributed by atoms with van der Waals surface area (Å²) in [5.41, 5.74) is 1.84. The maximum absolute atomic E-state index is 12.4. The molecule has 2 aromatic rings. The largest absolute Gasteiger partial charge is 0.481 e. The Kier molecular flexibility index (Phi) is 4.82. The van der Waals surface area contributed by atoms with Crippen molar-refractivity contribution in [3.8, 4) is 0 Å². The number of nitrogens with zero attached hydrogens (tertiary/aromatic N) is 2. The minimum Gasteiger partial charge on any atom is -0.481 e. The topological polar surface area (TPSA) is 101 Å². The standard InChI is InChI=1S/C17H19N3O4/c1-9-11(3)19-20(4)16(22)14(9)15(21)18-13-7-5-12(6-8-13)10(2)17(23)24/h5-8,10H,1-4H3,(H,18,21)(H,23,24). The minimum atomic E-state index is -0.918. The normalized spacial score (nSPS) is 11.8. The molecule has 1 unspecified atom stereocenters. The van der Waals surface area contributed by atoms with Crippen LogP contribution in [-0.2, 0) is 11.8 Å². The van der Waals surface area contributed by atoms with Gasteiger partial charge in [-0.05, 0) is 44.0 Å². The van der Waals surface area contributed by atoms with E-state index in [9.17, 15) is 14.4 Å². The fourth-order valence-electron chi connectivity index (χ4n) is 2.31. The van der Waals surface area contributed by atoms with Crippen molar-refractivity contribution in [2.75, 3.05) is 5.32 Å². The first kappa shape index (κ1) is 17.4. The van der Waals surface area contributed by atoms with E-state index in [0.717, 1.165) is 4.68 Å². The summed E-state index contributed by atoms with van der Waals surface area (Å²) in [6, 6.07) is 6.50. The molecule has 0 spiro atoms. The van der Waals surface area contributed by atoms with Crippen LogP contribution >= 0.6 is 0 Å². The van der Waals surface area contributed by atoms with E-state index in [1.54, 1.807) is 45.0 Å². The molecule has 1 aromatic carbocycles. The number of hydrogen-bond acceptors (Lipinski definition) is 4. The Morgan fingerprint density at radius 3 is 2.33 bits per heavy atom. The number of rotatable bonds is 4. The lowest BCUT2D eigenvalue weighted by atomic mass is 10.0. The predicted octanol–water partition coefficient (Wildman–Crippen LogP) is 1.84. The van der Waals surface area contributed by atoms with Gasteiger partial charge in [0.1, 0.15) is 5.56 Å². The summed E-state index contributed by atoms with van der Waals surface area (Å²) in [4.78, 5) is 35.6. The zero-order chi connectivity index (χ0) is 18.0. The van der Waals surface area contributed by atoms with Crippen LogP contribution in [0.5, 0.6) is 0 Å². The van der Waals surface area contributed by atoms with Crippen molar-refractivity contribution in [1.29, 1.82) is 0 Å². The van der Waals surface area contributed by atoms with Gasteiger partial charge in [-0.1, -0.05) is 12.1 Å². The van der Waals surface area contributed by atoms with E-state index < -0.39 is 23.4 Å². The second-order valence-electron chi connectivity index (χ2n) is 5.65. The number of aromatic nitrogens is 2. The Bertz CT molecular complexity index is 853. The molecule has 0 fully saturated rings. The van der Waals surface area contributed by atoms with E-state index in [1.165, 1.54) is 7.05 Å². The first-order valence-corrected chi connectivity index (χ1v) is 7.41. The molecular weight excluding hydrogens is 310 g/mol. The van der Waals surface area contributed by atoms with Crippen molar-refractivity contribution in [3.05, 3.63) is 57.0 Å². The Labute approximate surface area is 138 Å². The van der Waals surface area contributed by atoms with Gasteiger partial charge in [-0.25, -0.2) is 4.68 Å². The van der Waals surface area contributed by atoms with E-state index in [2.05, 4.69) is 10.4 Å². The number of anilines is 1. The Hall–Kier alpha value is -2.96. The summed E-state index contributed by atoms with van der Waals surface area (Å²) in [5, 5.41) is 15.7. The van der Waals surface area contributed by atoms with Crippen molar-refractivity contribution < 1.29 is 14.7 Å². The quantitative estimate of drug-likeness (QED) is 0.891. The summed E-state index contributed by atoms with van der Waals surface area (Å²) in [7, 11) is 1.49. The zero-order valence-corrected chi connectivity index (χ0v) is 14.0. The molecular formula is C17H19N3O4. The monoisotopic (exact) mass is 329 g/mol. The van der Waals surface area contributed by atoms with Crippen molar-refractivity contribution in [1.82, 2.24) is 9.78 Å². The van der Waals surface area contributed by atoms with Gasteiger partial charge in [0.05, 0.1) is 11.6 Å². The SMILES string of the molecule is Cc1nn(C)c(=O)c(C(=O)Nc2ccc(C(C)C(=O)O)cc2)c1C. The lowest BCUT2D eigenvalue weighted by Gasteiger charge is -2.11. The summed E-state index contributed by atoms with van der Waals surface area (Å²) in [6.45, 7) is 4.99. The third-order valence-corrected chi connectivity index (χ3v) is 3.99. The number of aliphatic carboxylic acids is 1. The van der Waals surface area contributed by atoms with E-state index >= 15 is 0 Å². The summed E-state index contributed by atoms with van der Waals surface area (Å²) in [5.74, 6) is -2.07. The fourth-order valence-corrected chi connectivity index (χ4v) is 2.31. The first-order chi connectivity index (χ1) is 11.2. The molecule has 1 amide bonds. The molecule has 7 nitrogen and oxygen atoms in total. The van der Waals surface area contributed by atoms with Gasteiger partial charge in [0, 0.05) is 12.7 Å². The molecule has 1 aromatic heterocycles. The summed E-state index contributed by atoms with van der Waals surface area (Å²) in [6.07, 6.45) is 0. The average molecular weight is 329 g/mol. The number of benzene rings is 1. The van der Waals surface area contributed by atoms with Gasteiger partial charge < -0.3 is 10.4 Å². The van der Waals surface area contributed by atoms with Crippen LogP contribution in [-0.4, -0.2) is 26.8 Å². The first-order valence-electron chi connectivity index (χ1n) is 7.41. The number of carbonyl (C=O) groups is 2. The van der Waals surface area contributed by atoms with Crippen LogP contribution in [0.2, 0.25) is 0 Å². The molecule has 2 rings (SSSR count). The van der Waals surface area contributed by atoms with Crippen LogP contribution in [0.1, 0.15) is 40.0 Å². The third kappa shape index (κ3) is 3.34. The lowest BCUT2D eigenvalue weighted by molar-refractivity contribution is -0.138. The molecule has 0 aliphatic heterocycles. The number of amides is 1. The van der Waals surface area contributed by atoms with E-state index in [4.69, 9.17) is 5.11 Å². The van der Waals surface area contributed by atoms with Gasteiger partial charge >= 0.3 is 5.97 Å². The lowest BCUT2D eigenvalue weighted by Crippen LogP contribution is -2.31. The second kappa shape index (κ2) is 6.66. The van der Waals surface area contributed by atoms with E-state index in [0.29, 0.717) is 22.5 Å². The van der Waals surface area contributed by atoms with Crippen LogP contribution in [0.15, 0.2) is 29.1 Å². The molecule has 0 aliphatic rings. The van der Waals surface area contributed by atoms with Gasteiger partial charge in [0.25, 0.3) is 11.5 Å². The molecule has 0 aliphatic carbocycles. The Morgan fingerprint density at radius 2 is 1.79 bits per heavy atom. The van der Waals surface area contributed by atoms with Crippen LogP contribution < -0.4 is 10.9 Å². The predicted molar refractivity (Wildman–Crippen MR) is 89.4 cm³/mol. The molecule has 1 heterocycles. The van der Waals surface area contributed by atoms with Gasteiger partial charge in [-0.2, -0.15) is 5.10 Å². The van der Waals surface area contributed by atoms with E-state index in [1.807, 2.05) is 0 Å². The van der Waals surface area contributed by atoms with Gasteiger partial charge in [0.15, 0.2) is 0 Å². The second-order valence-corrected chi connectivity index (χ2v) is 5.65. The molecule has 1 atom stereocenters. The van der Waals surface area contributed by atoms with Crippen molar-refractivity contribution in [3.63, 3.8) is 0 Å². The molecule has 126 valence electrons. The minimum absolute atomic E-state index is 0.0491. The highest BCUT2D eigenvalue weighted by Gasteiger charge is 2.18. The summed E-state index contributed by atoms with van der Waals surface area (Å²) < 4.78 is 1.13. The smallest absolute Gasteiger partial charge is 0.310 e. The third-order valence-electron chi connectivity index (χ3n) is 3.99. The zero-order valence-electron chi connectivity index (χ0n) is 14.0. The molecule has 0 bridgehead atoms. The van der Waals surface area contributed by atoms with Crippen LogP contribution in [0.25, 0.3) is 0 Å². The van der Waals surface area contributed by atoms with Crippen molar-refractivity contribution >= 4 is 17.6 Å². The van der Waals surface area contributed by atoms with Gasteiger partial charge in [-0.3, -0.25) is 14.4 Å². The maximum Gasteiger partial charge on any atom is 0.310 e. The number of carboxylic acids is 1. The number of nitrogens with one attached hydrogen (secondary N) is 1.